The molecule has 0 saturated carbocycles. The van der Waals surface area contributed by atoms with Gasteiger partial charge in [0.15, 0.2) is 0 Å². The van der Waals surface area contributed by atoms with Crippen molar-refractivity contribution in [2.24, 2.45) is 0 Å². The van der Waals surface area contributed by atoms with Crippen LogP contribution < -0.4 is 5.32 Å². The van der Waals surface area contributed by atoms with Gasteiger partial charge in [-0.05, 0) is 30.4 Å². The standard InChI is InChI=1S/C19H24N4O/c24-19(17-14-23-10-4-3-7-18(23)21-17)20-9-12-22-11-8-15-5-1-2-6-16(15)13-22/h1-2,5-6,14H,3-4,7-13H2,(H,20,24). The Morgan fingerprint density at radius 3 is 2.88 bits per heavy atom. The van der Waals surface area contributed by atoms with E-state index < -0.39 is 0 Å². The lowest BCUT2D eigenvalue weighted by atomic mass is 10.00. The van der Waals surface area contributed by atoms with Crippen molar-refractivity contribution in [2.75, 3.05) is 19.6 Å². The van der Waals surface area contributed by atoms with E-state index in [0.29, 0.717) is 12.2 Å². The Morgan fingerprint density at radius 2 is 2.00 bits per heavy atom. The van der Waals surface area contributed by atoms with Crippen LogP contribution in [0, 0.1) is 0 Å². The minimum atomic E-state index is -0.0469. The van der Waals surface area contributed by atoms with Crippen molar-refractivity contribution in [1.82, 2.24) is 19.8 Å². The molecule has 0 saturated heterocycles. The van der Waals surface area contributed by atoms with Gasteiger partial charge in [0.25, 0.3) is 5.91 Å². The summed E-state index contributed by atoms with van der Waals surface area (Å²) in [5.74, 6) is 1.01. The van der Waals surface area contributed by atoms with Crippen LogP contribution in [-0.4, -0.2) is 40.0 Å². The minimum absolute atomic E-state index is 0.0469. The molecule has 1 aromatic heterocycles. The number of nitrogens with one attached hydrogen (secondary N) is 1. The van der Waals surface area contributed by atoms with Crippen molar-refractivity contribution < 1.29 is 4.79 Å². The number of imidazole rings is 1. The maximum Gasteiger partial charge on any atom is 0.271 e. The summed E-state index contributed by atoms with van der Waals surface area (Å²) in [5.41, 5.74) is 3.44. The smallest absolute Gasteiger partial charge is 0.271 e. The monoisotopic (exact) mass is 324 g/mol. The van der Waals surface area contributed by atoms with Gasteiger partial charge in [0.1, 0.15) is 11.5 Å². The number of carbonyl (C=O) groups excluding carboxylic acids is 1. The summed E-state index contributed by atoms with van der Waals surface area (Å²) in [6, 6.07) is 8.63. The number of carbonyl (C=O) groups is 1. The molecule has 1 aromatic carbocycles. The van der Waals surface area contributed by atoms with Crippen LogP contribution in [0.15, 0.2) is 30.5 Å². The summed E-state index contributed by atoms with van der Waals surface area (Å²) in [6.45, 7) is 4.58. The van der Waals surface area contributed by atoms with Gasteiger partial charge in [-0.1, -0.05) is 24.3 Å². The normalized spacial score (nSPS) is 17.2. The van der Waals surface area contributed by atoms with Crippen molar-refractivity contribution >= 4 is 5.91 Å². The third kappa shape index (κ3) is 3.22. The number of aryl methyl sites for hydroxylation is 2. The predicted molar refractivity (Wildman–Crippen MR) is 92.9 cm³/mol. The van der Waals surface area contributed by atoms with Crippen molar-refractivity contribution in [3.05, 3.63) is 53.1 Å². The molecule has 0 radical (unpaired) electrons. The lowest BCUT2D eigenvalue weighted by Crippen LogP contribution is -2.37. The van der Waals surface area contributed by atoms with Crippen LogP contribution in [0.4, 0.5) is 0 Å². The van der Waals surface area contributed by atoms with E-state index in [1.165, 1.54) is 24.0 Å². The van der Waals surface area contributed by atoms with E-state index in [1.807, 2.05) is 6.20 Å². The summed E-state index contributed by atoms with van der Waals surface area (Å²) in [5, 5.41) is 3.02. The van der Waals surface area contributed by atoms with Crippen molar-refractivity contribution in [3.8, 4) is 0 Å². The molecule has 0 atom stereocenters. The lowest BCUT2D eigenvalue weighted by Gasteiger charge is -2.28. The topological polar surface area (TPSA) is 50.2 Å². The third-order valence-corrected chi connectivity index (χ3v) is 5.06. The highest BCUT2D eigenvalue weighted by Crippen LogP contribution is 2.18. The Bertz CT molecular complexity index is 713. The highest BCUT2D eigenvalue weighted by molar-refractivity contribution is 5.92. The zero-order valence-electron chi connectivity index (χ0n) is 14.0. The number of aromatic nitrogens is 2. The van der Waals surface area contributed by atoms with Crippen LogP contribution in [0.2, 0.25) is 0 Å². The molecule has 5 heteroatoms. The van der Waals surface area contributed by atoms with Crippen molar-refractivity contribution in [3.63, 3.8) is 0 Å². The summed E-state index contributed by atoms with van der Waals surface area (Å²) in [6.07, 6.45) is 6.34. The van der Waals surface area contributed by atoms with Gasteiger partial charge in [0.05, 0.1) is 0 Å². The zero-order valence-corrected chi connectivity index (χ0v) is 14.0. The van der Waals surface area contributed by atoms with Crippen LogP contribution in [0.1, 0.15) is 40.3 Å². The molecule has 5 nitrogen and oxygen atoms in total. The van der Waals surface area contributed by atoms with Gasteiger partial charge in [0, 0.05) is 45.3 Å². The first kappa shape index (κ1) is 15.4. The molecular weight excluding hydrogens is 300 g/mol. The highest BCUT2D eigenvalue weighted by atomic mass is 16.1. The molecule has 0 unspecified atom stereocenters. The van der Waals surface area contributed by atoms with Gasteiger partial charge in [-0.25, -0.2) is 4.98 Å². The molecule has 0 aliphatic carbocycles. The number of hydrogen-bond acceptors (Lipinski definition) is 3. The average molecular weight is 324 g/mol. The van der Waals surface area contributed by atoms with Gasteiger partial charge >= 0.3 is 0 Å². The molecule has 4 rings (SSSR count). The van der Waals surface area contributed by atoms with Crippen molar-refractivity contribution in [1.29, 1.82) is 0 Å². The van der Waals surface area contributed by atoms with E-state index in [0.717, 1.165) is 44.8 Å². The second-order valence-corrected chi connectivity index (χ2v) is 6.74. The van der Waals surface area contributed by atoms with Gasteiger partial charge in [0.2, 0.25) is 0 Å². The number of fused-ring (bicyclic) bond motifs is 2. The first-order valence-electron chi connectivity index (χ1n) is 8.93. The van der Waals surface area contributed by atoms with Crippen LogP contribution in [0.5, 0.6) is 0 Å². The second-order valence-electron chi connectivity index (χ2n) is 6.74. The molecule has 2 aliphatic heterocycles. The van der Waals surface area contributed by atoms with E-state index in [9.17, 15) is 4.79 Å². The predicted octanol–water partition coefficient (Wildman–Crippen LogP) is 2.01. The molecule has 0 bridgehead atoms. The fraction of sp³-hybridized carbons (Fsp3) is 0.474. The molecule has 1 N–H and O–H groups in total. The average Bonchev–Trinajstić information content (AvgIpc) is 3.06. The van der Waals surface area contributed by atoms with Crippen molar-refractivity contribution in [2.45, 2.75) is 38.8 Å². The largest absolute Gasteiger partial charge is 0.349 e. The van der Waals surface area contributed by atoms with Gasteiger partial charge in [-0.15, -0.1) is 0 Å². The van der Waals surface area contributed by atoms with E-state index >= 15 is 0 Å². The van der Waals surface area contributed by atoms with Gasteiger partial charge in [-0.3, -0.25) is 9.69 Å². The first-order chi connectivity index (χ1) is 11.8. The van der Waals surface area contributed by atoms with E-state index in [4.69, 9.17) is 0 Å². The van der Waals surface area contributed by atoms with E-state index in [1.54, 1.807) is 0 Å². The molecule has 126 valence electrons. The number of nitrogens with zero attached hydrogens (tertiary/aromatic N) is 3. The lowest BCUT2D eigenvalue weighted by molar-refractivity contribution is 0.0942. The number of benzene rings is 1. The Morgan fingerprint density at radius 1 is 1.12 bits per heavy atom. The second kappa shape index (κ2) is 6.77. The molecule has 2 aromatic rings. The molecule has 24 heavy (non-hydrogen) atoms. The highest BCUT2D eigenvalue weighted by Gasteiger charge is 2.18. The molecule has 0 spiro atoms. The molecule has 2 aliphatic rings. The summed E-state index contributed by atoms with van der Waals surface area (Å²) in [4.78, 5) is 19.2. The Balaban J connectivity index is 1.28. The van der Waals surface area contributed by atoms with E-state index in [2.05, 4.69) is 44.0 Å². The summed E-state index contributed by atoms with van der Waals surface area (Å²) in [7, 11) is 0. The Kier molecular flexibility index (Phi) is 4.34. The molecule has 0 fully saturated rings. The summed E-state index contributed by atoms with van der Waals surface area (Å²) < 4.78 is 2.12. The van der Waals surface area contributed by atoms with Crippen LogP contribution in [0.25, 0.3) is 0 Å². The van der Waals surface area contributed by atoms with Crippen LogP contribution >= 0.6 is 0 Å². The fourth-order valence-electron chi connectivity index (χ4n) is 3.69. The van der Waals surface area contributed by atoms with E-state index in [-0.39, 0.29) is 5.91 Å². The molecule has 3 heterocycles. The van der Waals surface area contributed by atoms with Crippen LogP contribution in [0.3, 0.4) is 0 Å². The molecular formula is C19H24N4O. The number of rotatable bonds is 4. The summed E-state index contributed by atoms with van der Waals surface area (Å²) >= 11 is 0. The van der Waals surface area contributed by atoms with Gasteiger partial charge < -0.3 is 9.88 Å². The van der Waals surface area contributed by atoms with Gasteiger partial charge in [-0.2, -0.15) is 0 Å². The zero-order chi connectivity index (χ0) is 16.4. The number of hydrogen-bond donors (Lipinski definition) is 1. The third-order valence-electron chi connectivity index (χ3n) is 5.06. The Hall–Kier alpha value is -2.14. The SMILES string of the molecule is O=C(NCCN1CCc2ccccc2C1)c1cn2c(n1)CCCC2. The Labute approximate surface area is 142 Å². The first-order valence-corrected chi connectivity index (χ1v) is 8.93. The quantitative estimate of drug-likeness (QED) is 0.936. The maximum absolute atomic E-state index is 12.3. The number of amides is 1. The maximum atomic E-state index is 12.3. The fourth-order valence-corrected chi connectivity index (χ4v) is 3.69. The minimum Gasteiger partial charge on any atom is -0.349 e. The van der Waals surface area contributed by atoms with Crippen LogP contribution in [-0.2, 0) is 25.9 Å². The molecule has 1 amide bonds.